The Balaban J connectivity index is 1.90. The van der Waals surface area contributed by atoms with Gasteiger partial charge in [0.2, 0.25) is 0 Å². The van der Waals surface area contributed by atoms with Crippen LogP contribution in [0.5, 0.6) is 5.75 Å². The van der Waals surface area contributed by atoms with Crippen molar-refractivity contribution >= 4 is 12.0 Å². The van der Waals surface area contributed by atoms with Crippen LogP contribution < -0.4 is 4.74 Å². The van der Waals surface area contributed by atoms with Crippen LogP contribution in [0.3, 0.4) is 0 Å². The minimum absolute atomic E-state index is 0.147. The molecule has 1 saturated heterocycles. The maximum atomic E-state index is 12.7. The maximum Gasteiger partial charge on any atom is 0.264 e. The number of carbonyl (C=O) groups excluding carboxylic acids is 1. The van der Waals surface area contributed by atoms with Gasteiger partial charge < -0.3 is 18.9 Å². The van der Waals surface area contributed by atoms with E-state index in [1.807, 2.05) is 51.1 Å². The molecule has 6 heteroatoms. The minimum Gasteiger partial charge on any atom is -0.494 e. The first-order valence-electron chi connectivity index (χ1n) is 9.46. The lowest BCUT2D eigenvalue weighted by molar-refractivity contribution is -0.130. The smallest absolute Gasteiger partial charge is 0.264 e. The SMILES string of the molecule is CCOc1ccc(-n2c(C)cc(/C=C(/C#N)C(=O)N3CCOCC3)c2C)cc1. The molecule has 3 rings (SSSR count). The van der Waals surface area contributed by atoms with Crippen molar-refractivity contribution in [2.24, 2.45) is 0 Å². The van der Waals surface area contributed by atoms with E-state index in [0.717, 1.165) is 28.4 Å². The van der Waals surface area contributed by atoms with Crippen LogP contribution in [0.4, 0.5) is 0 Å². The molecule has 1 aromatic carbocycles. The van der Waals surface area contributed by atoms with E-state index in [-0.39, 0.29) is 11.5 Å². The van der Waals surface area contributed by atoms with Crippen LogP contribution >= 0.6 is 0 Å². The van der Waals surface area contributed by atoms with Gasteiger partial charge in [0.15, 0.2) is 0 Å². The van der Waals surface area contributed by atoms with E-state index in [1.165, 1.54) is 0 Å². The zero-order chi connectivity index (χ0) is 20.1. The second-order valence-electron chi connectivity index (χ2n) is 6.66. The van der Waals surface area contributed by atoms with E-state index in [9.17, 15) is 10.1 Å². The summed E-state index contributed by atoms with van der Waals surface area (Å²) < 4.78 is 12.9. The molecule has 2 aromatic rings. The second kappa shape index (κ2) is 8.77. The zero-order valence-corrected chi connectivity index (χ0v) is 16.6. The van der Waals surface area contributed by atoms with Gasteiger partial charge in [0, 0.05) is 30.2 Å². The van der Waals surface area contributed by atoms with Crippen LogP contribution in [-0.4, -0.2) is 48.3 Å². The van der Waals surface area contributed by atoms with Gasteiger partial charge in [-0.25, -0.2) is 0 Å². The van der Waals surface area contributed by atoms with Crippen molar-refractivity contribution < 1.29 is 14.3 Å². The summed E-state index contributed by atoms with van der Waals surface area (Å²) in [5.41, 5.74) is 4.03. The third kappa shape index (κ3) is 4.10. The topological polar surface area (TPSA) is 67.5 Å². The van der Waals surface area contributed by atoms with Crippen molar-refractivity contribution in [1.29, 1.82) is 5.26 Å². The Bertz CT molecular complexity index is 914. The number of nitrogens with zero attached hydrogens (tertiary/aromatic N) is 3. The molecule has 0 radical (unpaired) electrons. The first-order chi connectivity index (χ1) is 13.5. The highest BCUT2D eigenvalue weighted by atomic mass is 16.5. The molecule has 1 fully saturated rings. The Labute approximate surface area is 165 Å². The molecule has 0 bridgehead atoms. The van der Waals surface area contributed by atoms with Crippen molar-refractivity contribution in [3.63, 3.8) is 0 Å². The third-order valence-corrected chi connectivity index (χ3v) is 4.83. The lowest BCUT2D eigenvalue weighted by Gasteiger charge is -2.26. The predicted molar refractivity (Wildman–Crippen MR) is 107 cm³/mol. The van der Waals surface area contributed by atoms with Crippen molar-refractivity contribution in [2.45, 2.75) is 20.8 Å². The molecule has 6 nitrogen and oxygen atoms in total. The number of ether oxygens (including phenoxy) is 2. The molecule has 0 aliphatic carbocycles. The summed E-state index contributed by atoms with van der Waals surface area (Å²) >= 11 is 0. The lowest BCUT2D eigenvalue weighted by atomic mass is 10.1. The number of aryl methyl sites for hydroxylation is 1. The van der Waals surface area contributed by atoms with Crippen molar-refractivity contribution in [1.82, 2.24) is 9.47 Å². The number of carbonyl (C=O) groups is 1. The number of rotatable bonds is 5. The molecule has 28 heavy (non-hydrogen) atoms. The molecule has 1 amide bonds. The van der Waals surface area contributed by atoms with Gasteiger partial charge in [0.1, 0.15) is 17.4 Å². The van der Waals surface area contributed by atoms with Crippen molar-refractivity contribution in [3.8, 4) is 17.5 Å². The summed E-state index contributed by atoms with van der Waals surface area (Å²) in [5, 5.41) is 9.54. The van der Waals surface area contributed by atoms with E-state index in [4.69, 9.17) is 9.47 Å². The van der Waals surface area contributed by atoms with Gasteiger partial charge in [-0.1, -0.05) is 0 Å². The monoisotopic (exact) mass is 379 g/mol. The number of aromatic nitrogens is 1. The molecule has 2 heterocycles. The van der Waals surface area contributed by atoms with Crippen LogP contribution in [0.2, 0.25) is 0 Å². The molecule has 0 N–H and O–H groups in total. The fraction of sp³-hybridized carbons (Fsp3) is 0.364. The molecule has 1 aromatic heterocycles. The largest absolute Gasteiger partial charge is 0.494 e. The van der Waals surface area contributed by atoms with Crippen LogP contribution in [0.15, 0.2) is 35.9 Å². The zero-order valence-electron chi connectivity index (χ0n) is 16.6. The quantitative estimate of drug-likeness (QED) is 0.591. The number of nitriles is 1. The standard InChI is InChI=1S/C22H25N3O3/c1-4-28-21-7-5-20(6-8-21)25-16(2)13-18(17(25)3)14-19(15-23)22(26)24-9-11-27-12-10-24/h5-8,13-14H,4,9-12H2,1-3H3/b19-14-. The third-order valence-electron chi connectivity index (χ3n) is 4.83. The number of amides is 1. The van der Waals surface area contributed by atoms with Crippen LogP contribution in [0.1, 0.15) is 23.9 Å². The molecule has 0 atom stereocenters. The van der Waals surface area contributed by atoms with Crippen molar-refractivity contribution in [2.75, 3.05) is 32.9 Å². The van der Waals surface area contributed by atoms with Crippen molar-refractivity contribution in [3.05, 3.63) is 52.9 Å². The van der Waals surface area contributed by atoms with E-state index >= 15 is 0 Å². The summed E-state index contributed by atoms with van der Waals surface area (Å²) in [7, 11) is 0. The fourth-order valence-electron chi connectivity index (χ4n) is 3.42. The highest BCUT2D eigenvalue weighted by molar-refractivity contribution is 6.01. The van der Waals surface area contributed by atoms with Gasteiger partial charge in [0.05, 0.1) is 19.8 Å². The number of benzene rings is 1. The average molecular weight is 379 g/mol. The van der Waals surface area contributed by atoms with Crippen LogP contribution in [0, 0.1) is 25.2 Å². The van der Waals surface area contributed by atoms with E-state index in [0.29, 0.717) is 32.9 Å². The van der Waals surface area contributed by atoms with E-state index < -0.39 is 0 Å². The Morgan fingerprint density at radius 2 is 1.93 bits per heavy atom. The highest BCUT2D eigenvalue weighted by Gasteiger charge is 2.21. The summed E-state index contributed by atoms with van der Waals surface area (Å²) in [6.07, 6.45) is 1.69. The lowest BCUT2D eigenvalue weighted by Crippen LogP contribution is -2.41. The predicted octanol–water partition coefficient (Wildman–Crippen LogP) is 3.26. The Morgan fingerprint density at radius 3 is 2.54 bits per heavy atom. The Kier molecular flexibility index (Phi) is 6.17. The number of hydrogen-bond acceptors (Lipinski definition) is 4. The first kappa shape index (κ1) is 19.7. The second-order valence-corrected chi connectivity index (χ2v) is 6.66. The van der Waals surface area contributed by atoms with Crippen LogP contribution in [0.25, 0.3) is 11.8 Å². The summed E-state index contributed by atoms with van der Waals surface area (Å²) in [6.45, 7) is 8.64. The summed E-state index contributed by atoms with van der Waals surface area (Å²) in [4.78, 5) is 14.3. The molecule has 1 aliphatic rings. The van der Waals surface area contributed by atoms with Gasteiger partial charge in [-0.2, -0.15) is 5.26 Å². The number of morpholine rings is 1. The number of hydrogen-bond donors (Lipinski definition) is 0. The Hall–Kier alpha value is -3.04. The molecule has 1 aliphatic heterocycles. The van der Waals surface area contributed by atoms with E-state index in [2.05, 4.69) is 10.6 Å². The molecule has 0 unspecified atom stereocenters. The van der Waals surface area contributed by atoms with E-state index in [1.54, 1.807) is 11.0 Å². The molecular formula is C22H25N3O3. The maximum absolute atomic E-state index is 12.7. The summed E-state index contributed by atoms with van der Waals surface area (Å²) in [6, 6.07) is 11.9. The summed E-state index contributed by atoms with van der Waals surface area (Å²) in [5.74, 6) is 0.591. The first-order valence-corrected chi connectivity index (χ1v) is 9.46. The molecule has 146 valence electrons. The van der Waals surface area contributed by atoms with Gasteiger partial charge in [0.25, 0.3) is 5.91 Å². The van der Waals surface area contributed by atoms with Gasteiger partial charge in [-0.05, 0) is 62.7 Å². The molecule has 0 saturated carbocycles. The fourth-order valence-corrected chi connectivity index (χ4v) is 3.42. The molecular weight excluding hydrogens is 354 g/mol. The van der Waals surface area contributed by atoms with Crippen LogP contribution in [-0.2, 0) is 9.53 Å². The average Bonchev–Trinajstić information content (AvgIpc) is 3.00. The van der Waals surface area contributed by atoms with Gasteiger partial charge in [-0.15, -0.1) is 0 Å². The highest BCUT2D eigenvalue weighted by Crippen LogP contribution is 2.24. The van der Waals surface area contributed by atoms with Gasteiger partial charge in [-0.3, -0.25) is 4.79 Å². The van der Waals surface area contributed by atoms with Gasteiger partial charge >= 0.3 is 0 Å². The molecule has 0 spiro atoms. The minimum atomic E-state index is -0.239. The Morgan fingerprint density at radius 1 is 1.25 bits per heavy atom. The normalized spacial score (nSPS) is 14.6.